The average Bonchev–Trinajstić information content (AvgIpc) is 2.16. The number of amides is 1. The van der Waals surface area contributed by atoms with E-state index >= 15 is 0 Å². The van der Waals surface area contributed by atoms with Crippen LogP contribution in [-0.4, -0.2) is 30.1 Å². The molecule has 0 aliphatic carbocycles. The number of benzene rings is 1. The van der Waals surface area contributed by atoms with Gasteiger partial charge in [-0.1, -0.05) is 6.07 Å². The molecule has 1 rings (SSSR count). The molecule has 1 aromatic rings. The molecule has 0 aliphatic rings. The van der Waals surface area contributed by atoms with Crippen molar-refractivity contribution in [3.05, 3.63) is 27.8 Å². The van der Waals surface area contributed by atoms with E-state index in [4.69, 9.17) is 5.11 Å². The van der Waals surface area contributed by atoms with E-state index in [1.165, 1.54) is 0 Å². The Morgan fingerprint density at radius 2 is 2.06 bits per heavy atom. The van der Waals surface area contributed by atoms with Crippen LogP contribution in [-0.2, 0) is 9.59 Å². The molecule has 0 radical (unpaired) electrons. The zero-order valence-electron chi connectivity index (χ0n) is 8.37. The van der Waals surface area contributed by atoms with Crippen molar-refractivity contribution in [3.8, 4) is 0 Å². The number of halogens is 1. The quantitative estimate of drug-likeness (QED) is 0.700. The summed E-state index contributed by atoms with van der Waals surface area (Å²) >= 11 is 2.14. The Morgan fingerprint density at radius 1 is 1.31 bits per heavy atom. The molecule has 0 spiro atoms. The van der Waals surface area contributed by atoms with E-state index in [2.05, 4.69) is 33.2 Å². The van der Waals surface area contributed by atoms with Crippen molar-refractivity contribution in [2.75, 3.05) is 18.4 Å². The lowest BCUT2D eigenvalue weighted by atomic mass is 10.3. The van der Waals surface area contributed by atoms with Crippen LogP contribution in [0.2, 0.25) is 0 Å². The number of hydrogen-bond donors (Lipinski definition) is 3. The SMILES string of the molecule is O=C(O)CNCC(=O)Nc1cccc(I)c1. The highest BCUT2D eigenvalue weighted by atomic mass is 127. The summed E-state index contributed by atoms with van der Waals surface area (Å²) in [5.41, 5.74) is 0.703. The second-order valence-corrected chi connectivity index (χ2v) is 4.30. The van der Waals surface area contributed by atoms with E-state index < -0.39 is 5.97 Å². The first-order chi connectivity index (χ1) is 7.58. The van der Waals surface area contributed by atoms with Crippen LogP contribution in [0.25, 0.3) is 0 Å². The van der Waals surface area contributed by atoms with E-state index in [0.29, 0.717) is 5.69 Å². The monoisotopic (exact) mass is 334 g/mol. The summed E-state index contributed by atoms with van der Waals surface area (Å²) in [6.07, 6.45) is 0. The zero-order valence-corrected chi connectivity index (χ0v) is 10.5. The summed E-state index contributed by atoms with van der Waals surface area (Å²) in [6.45, 7) is -0.239. The molecule has 0 aromatic heterocycles. The van der Waals surface area contributed by atoms with Gasteiger partial charge in [-0.05, 0) is 40.8 Å². The molecule has 1 aromatic carbocycles. The van der Waals surface area contributed by atoms with Gasteiger partial charge >= 0.3 is 5.97 Å². The molecular weight excluding hydrogens is 323 g/mol. The van der Waals surface area contributed by atoms with Gasteiger partial charge in [0.2, 0.25) is 5.91 Å². The summed E-state index contributed by atoms with van der Waals surface area (Å²) in [6, 6.07) is 7.36. The van der Waals surface area contributed by atoms with Crippen molar-refractivity contribution in [1.82, 2.24) is 5.32 Å². The van der Waals surface area contributed by atoms with Gasteiger partial charge < -0.3 is 10.4 Å². The van der Waals surface area contributed by atoms with Crippen LogP contribution < -0.4 is 10.6 Å². The van der Waals surface area contributed by atoms with Gasteiger partial charge in [0.1, 0.15) is 0 Å². The maximum absolute atomic E-state index is 11.3. The van der Waals surface area contributed by atoms with Crippen LogP contribution in [0.4, 0.5) is 5.69 Å². The first-order valence-corrected chi connectivity index (χ1v) is 5.64. The largest absolute Gasteiger partial charge is 0.480 e. The molecule has 0 saturated carbocycles. The number of anilines is 1. The molecular formula is C10H11IN2O3. The minimum Gasteiger partial charge on any atom is -0.480 e. The third kappa shape index (κ3) is 5.08. The fourth-order valence-corrected chi connectivity index (χ4v) is 1.60. The van der Waals surface area contributed by atoms with E-state index in [1.807, 2.05) is 18.2 Å². The van der Waals surface area contributed by atoms with Gasteiger partial charge in [0.05, 0.1) is 13.1 Å². The van der Waals surface area contributed by atoms with E-state index in [1.54, 1.807) is 6.07 Å². The fourth-order valence-electron chi connectivity index (χ4n) is 1.05. The van der Waals surface area contributed by atoms with Crippen molar-refractivity contribution in [1.29, 1.82) is 0 Å². The van der Waals surface area contributed by atoms with Crippen LogP contribution in [0, 0.1) is 3.57 Å². The van der Waals surface area contributed by atoms with Crippen molar-refractivity contribution >= 4 is 40.2 Å². The first kappa shape index (κ1) is 12.9. The summed E-state index contributed by atoms with van der Waals surface area (Å²) in [5.74, 6) is -1.25. The molecule has 0 aliphatic heterocycles. The molecule has 16 heavy (non-hydrogen) atoms. The Kier molecular flexibility index (Phi) is 5.20. The molecule has 0 fully saturated rings. The number of hydrogen-bond acceptors (Lipinski definition) is 3. The summed E-state index contributed by atoms with van der Waals surface area (Å²) < 4.78 is 1.02. The molecule has 3 N–H and O–H groups in total. The number of carboxylic acids is 1. The average molecular weight is 334 g/mol. The predicted molar refractivity (Wildman–Crippen MR) is 68.3 cm³/mol. The molecule has 0 bridgehead atoms. The molecule has 1 amide bonds. The van der Waals surface area contributed by atoms with Crippen molar-refractivity contribution < 1.29 is 14.7 Å². The fraction of sp³-hybridized carbons (Fsp3) is 0.200. The lowest BCUT2D eigenvalue weighted by molar-refractivity contribution is -0.135. The van der Waals surface area contributed by atoms with Crippen LogP contribution in [0.15, 0.2) is 24.3 Å². The van der Waals surface area contributed by atoms with E-state index in [9.17, 15) is 9.59 Å². The standard InChI is InChI=1S/C10H11IN2O3/c11-7-2-1-3-8(4-7)13-9(14)5-12-6-10(15)16/h1-4,12H,5-6H2,(H,13,14)(H,15,16). The summed E-state index contributed by atoms with van der Waals surface area (Å²) in [7, 11) is 0. The Morgan fingerprint density at radius 3 is 2.69 bits per heavy atom. The normalized spacial score (nSPS) is 9.81. The molecule has 0 saturated heterocycles. The topological polar surface area (TPSA) is 78.4 Å². The second-order valence-electron chi connectivity index (χ2n) is 3.06. The molecule has 0 unspecified atom stereocenters. The number of nitrogens with one attached hydrogen (secondary N) is 2. The third-order valence-corrected chi connectivity index (χ3v) is 2.34. The van der Waals surface area contributed by atoms with Crippen LogP contribution in [0.1, 0.15) is 0 Å². The van der Waals surface area contributed by atoms with Crippen molar-refractivity contribution in [2.45, 2.75) is 0 Å². The smallest absolute Gasteiger partial charge is 0.317 e. The van der Waals surface area contributed by atoms with E-state index in [-0.39, 0.29) is 19.0 Å². The maximum atomic E-state index is 11.3. The highest BCUT2D eigenvalue weighted by Gasteiger charge is 2.03. The Hall–Kier alpha value is -1.15. The highest BCUT2D eigenvalue weighted by molar-refractivity contribution is 14.1. The molecule has 6 heteroatoms. The van der Waals surface area contributed by atoms with Gasteiger partial charge in [0.15, 0.2) is 0 Å². The lowest BCUT2D eigenvalue weighted by Crippen LogP contribution is -2.31. The van der Waals surface area contributed by atoms with Gasteiger partial charge in [-0.2, -0.15) is 0 Å². The molecule has 86 valence electrons. The first-order valence-electron chi connectivity index (χ1n) is 4.56. The van der Waals surface area contributed by atoms with Crippen LogP contribution in [0.5, 0.6) is 0 Å². The second kappa shape index (κ2) is 6.44. The Balaban J connectivity index is 2.37. The number of carbonyl (C=O) groups excluding carboxylic acids is 1. The minimum atomic E-state index is -0.984. The zero-order chi connectivity index (χ0) is 12.0. The van der Waals surface area contributed by atoms with Crippen molar-refractivity contribution in [3.63, 3.8) is 0 Å². The van der Waals surface area contributed by atoms with Gasteiger partial charge in [0.25, 0.3) is 0 Å². The molecule has 5 nitrogen and oxygen atoms in total. The van der Waals surface area contributed by atoms with Crippen LogP contribution >= 0.6 is 22.6 Å². The van der Waals surface area contributed by atoms with Gasteiger partial charge in [-0.15, -0.1) is 0 Å². The number of aliphatic carboxylic acids is 1. The van der Waals surface area contributed by atoms with Gasteiger partial charge in [0, 0.05) is 9.26 Å². The summed E-state index contributed by atoms with van der Waals surface area (Å²) in [4.78, 5) is 21.5. The predicted octanol–water partition coefficient (Wildman–Crippen LogP) is 0.904. The third-order valence-electron chi connectivity index (χ3n) is 1.67. The van der Waals surface area contributed by atoms with Crippen molar-refractivity contribution in [2.24, 2.45) is 0 Å². The van der Waals surface area contributed by atoms with Crippen LogP contribution in [0.3, 0.4) is 0 Å². The maximum Gasteiger partial charge on any atom is 0.317 e. The Labute approximate surface area is 106 Å². The molecule has 0 heterocycles. The van der Waals surface area contributed by atoms with Gasteiger partial charge in [-0.25, -0.2) is 0 Å². The lowest BCUT2D eigenvalue weighted by Gasteiger charge is -2.05. The van der Waals surface area contributed by atoms with Gasteiger partial charge in [-0.3, -0.25) is 14.9 Å². The number of rotatable bonds is 5. The van der Waals surface area contributed by atoms with E-state index in [0.717, 1.165) is 3.57 Å². The minimum absolute atomic E-state index is 0.0161. The molecule has 0 atom stereocenters. The number of carbonyl (C=O) groups is 2. The number of carboxylic acid groups (broad SMARTS) is 1. The highest BCUT2D eigenvalue weighted by Crippen LogP contribution is 2.11. The summed E-state index contributed by atoms with van der Waals surface area (Å²) in [5, 5.41) is 13.5. The Bertz CT molecular complexity index is 395.